The Morgan fingerprint density at radius 2 is 1.87 bits per heavy atom. The van der Waals surface area contributed by atoms with Crippen molar-refractivity contribution in [2.24, 2.45) is 5.92 Å². The van der Waals surface area contributed by atoms with Crippen molar-refractivity contribution >= 4 is 17.3 Å². The second-order valence-corrected chi connectivity index (χ2v) is 9.23. The zero-order valence-electron chi connectivity index (χ0n) is 17.8. The van der Waals surface area contributed by atoms with Crippen LogP contribution < -0.4 is 0 Å². The second kappa shape index (κ2) is 9.57. The van der Waals surface area contributed by atoms with E-state index in [1.807, 2.05) is 30.6 Å². The summed E-state index contributed by atoms with van der Waals surface area (Å²) < 4.78 is 5.13. The fourth-order valence-corrected chi connectivity index (χ4v) is 5.83. The molecule has 1 fully saturated rings. The van der Waals surface area contributed by atoms with E-state index in [9.17, 15) is 4.79 Å². The number of hydrogen-bond donors (Lipinski definition) is 0. The molecule has 3 aromatic rings. The average Bonchev–Trinajstić information content (AvgIpc) is 3.25. The maximum Gasteiger partial charge on any atom is 0.348 e. The summed E-state index contributed by atoms with van der Waals surface area (Å²) in [5, 5.41) is 0. The third-order valence-electron chi connectivity index (χ3n) is 6.29. The normalized spacial score (nSPS) is 18.9. The van der Waals surface area contributed by atoms with Crippen LogP contribution in [0.1, 0.15) is 66.6 Å². The molecule has 1 aliphatic rings. The molecule has 0 N–H and O–H groups in total. The molecule has 0 amide bonds. The summed E-state index contributed by atoms with van der Waals surface area (Å²) in [6.07, 6.45) is 11.4. The van der Waals surface area contributed by atoms with Gasteiger partial charge in [0.15, 0.2) is 0 Å². The molecule has 2 aromatic heterocycles. The first-order valence-electron chi connectivity index (χ1n) is 10.9. The molecule has 4 heteroatoms. The minimum Gasteiger partial charge on any atom is -0.465 e. The molecule has 0 bridgehead atoms. The van der Waals surface area contributed by atoms with Gasteiger partial charge in [-0.25, -0.2) is 4.79 Å². The van der Waals surface area contributed by atoms with Gasteiger partial charge in [-0.2, -0.15) is 0 Å². The third kappa shape index (κ3) is 4.34. The molecule has 0 aliphatic heterocycles. The van der Waals surface area contributed by atoms with E-state index < -0.39 is 0 Å². The van der Waals surface area contributed by atoms with Crippen LogP contribution in [0.25, 0.3) is 21.6 Å². The highest BCUT2D eigenvalue weighted by molar-refractivity contribution is 7.17. The van der Waals surface area contributed by atoms with Gasteiger partial charge in [-0.05, 0) is 60.8 Å². The molecular formula is C26H29NO2S. The smallest absolute Gasteiger partial charge is 0.348 e. The van der Waals surface area contributed by atoms with Gasteiger partial charge in [-0.1, -0.05) is 50.1 Å². The summed E-state index contributed by atoms with van der Waals surface area (Å²) >= 11 is 1.50. The zero-order valence-corrected chi connectivity index (χ0v) is 18.6. The zero-order chi connectivity index (χ0) is 20.9. The Kier molecular flexibility index (Phi) is 6.63. The van der Waals surface area contributed by atoms with Crippen molar-refractivity contribution in [1.82, 2.24) is 4.98 Å². The molecule has 0 atom stereocenters. The minimum atomic E-state index is -0.279. The molecule has 0 unspecified atom stereocenters. The van der Waals surface area contributed by atoms with E-state index in [1.54, 1.807) is 0 Å². The SMILES string of the molecule is CCCC1CCC(c2ccncc2-c2cc(-c3ccccc3)sc2C(=O)OC)CC1. The van der Waals surface area contributed by atoms with E-state index in [1.165, 1.54) is 62.5 Å². The molecule has 2 heterocycles. The first kappa shape index (κ1) is 20.8. The topological polar surface area (TPSA) is 39.2 Å². The van der Waals surface area contributed by atoms with Crippen LogP contribution in [-0.4, -0.2) is 18.1 Å². The molecule has 1 aromatic carbocycles. The molecule has 0 saturated heterocycles. The van der Waals surface area contributed by atoms with Crippen LogP contribution >= 0.6 is 11.3 Å². The van der Waals surface area contributed by atoms with Gasteiger partial charge in [0.2, 0.25) is 0 Å². The van der Waals surface area contributed by atoms with Gasteiger partial charge < -0.3 is 4.74 Å². The number of methoxy groups -OCH3 is 1. The lowest BCUT2D eigenvalue weighted by atomic mass is 9.76. The Morgan fingerprint density at radius 3 is 2.57 bits per heavy atom. The second-order valence-electron chi connectivity index (χ2n) is 8.18. The molecule has 0 radical (unpaired) electrons. The first-order chi connectivity index (χ1) is 14.7. The minimum absolute atomic E-state index is 0.279. The van der Waals surface area contributed by atoms with E-state index in [0.29, 0.717) is 10.8 Å². The lowest BCUT2D eigenvalue weighted by molar-refractivity contribution is 0.0607. The van der Waals surface area contributed by atoms with E-state index >= 15 is 0 Å². The van der Waals surface area contributed by atoms with E-state index in [-0.39, 0.29) is 5.97 Å². The van der Waals surface area contributed by atoms with Gasteiger partial charge in [-0.3, -0.25) is 4.98 Å². The number of pyridine rings is 1. The highest BCUT2D eigenvalue weighted by atomic mass is 32.1. The standard InChI is InChI=1S/C26H29NO2S/c1-3-7-18-10-12-19(13-11-18)21-14-15-27-17-23(21)22-16-24(20-8-5-4-6-9-20)30-25(22)26(28)29-2/h4-6,8-9,14-19H,3,7,10-13H2,1-2H3. The maximum atomic E-state index is 12.6. The Labute approximate surface area is 183 Å². The van der Waals surface area contributed by atoms with Crippen molar-refractivity contribution < 1.29 is 9.53 Å². The van der Waals surface area contributed by atoms with E-state index in [0.717, 1.165) is 27.5 Å². The summed E-state index contributed by atoms with van der Waals surface area (Å²) in [6, 6.07) is 14.5. The number of carbonyl (C=O) groups is 1. The third-order valence-corrected chi connectivity index (χ3v) is 7.45. The van der Waals surface area contributed by atoms with Gasteiger partial charge in [-0.15, -0.1) is 11.3 Å². The van der Waals surface area contributed by atoms with Gasteiger partial charge >= 0.3 is 5.97 Å². The van der Waals surface area contributed by atoms with Crippen molar-refractivity contribution in [2.45, 2.75) is 51.4 Å². The first-order valence-corrected chi connectivity index (χ1v) is 11.7. The Balaban J connectivity index is 1.72. The molecule has 1 saturated carbocycles. The van der Waals surface area contributed by atoms with Crippen LogP contribution in [0.4, 0.5) is 0 Å². The largest absolute Gasteiger partial charge is 0.465 e. The number of nitrogens with zero attached hydrogens (tertiary/aromatic N) is 1. The number of benzene rings is 1. The van der Waals surface area contributed by atoms with Crippen LogP contribution in [0.5, 0.6) is 0 Å². The molecular weight excluding hydrogens is 390 g/mol. The van der Waals surface area contributed by atoms with Gasteiger partial charge in [0, 0.05) is 28.4 Å². The summed E-state index contributed by atoms with van der Waals surface area (Å²) in [4.78, 5) is 18.8. The van der Waals surface area contributed by atoms with Crippen LogP contribution in [0.2, 0.25) is 0 Å². The van der Waals surface area contributed by atoms with E-state index in [2.05, 4.69) is 36.2 Å². The van der Waals surface area contributed by atoms with Gasteiger partial charge in [0.25, 0.3) is 0 Å². The Morgan fingerprint density at radius 1 is 1.10 bits per heavy atom. The van der Waals surface area contributed by atoms with Crippen molar-refractivity contribution in [3.05, 3.63) is 65.3 Å². The highest BCUT2D eigenvalue weighted by Gasteiger charge is 2.27. The van der Waals surface area contributed by atoms with E-state index in [4.69, 9.17) is 4.74 Å². The quantitative estimate of drug-likeness (QED) is 0.392. The van der Waals surface area contributed by atoms with Gasteiger partial charge in [0.05, 0.1) is 7.11 Å². The predicted molar refractivity (Wildman–Crippen MR) is 124 cm³/mol. The Hall–Kier alpha value is -2.46. The number of ether oxygens (including phenoxy) is 1. The van der Waals surface area contributed by atoms with Crippen molar-refractivity contribution in [3.8, 4) is 21.6 Å². The number of rotatable bonds is 6. The number of esters is 1. The lowest BCUT2D eigenvalue weighted by Crippen LogP contribution is -2.14. The fourth-order valence-electron chi connectivity index (χ4n) is 4.74. The lowest BCUT2D eigenvalue weighted by Gasteiger charge is -2.29. The van der Waals surface area contributed by atoms with Crippen LogP contribution in [0.15, 0.2) is 54.9 Å². The molecule has 4 rings (SSSR count). The van der Waals surface area contributed by atoms with Crippen LogP contribution in [0.3, 0.4) is 0 Å². The summed E-state index contributed by atoms with van der Waals surface area (Å²) in [5.74, 6) is 1.12. The Bertz CT molecular complexity index is 987. The number of aromatic nitrogens is 1. The summed E-state index contributed by atoms with van der Waals surface area (Å²) in [5.41, 5.74) is 4.46. The summed E-state index contributed by atoms with van der Waals surface area (Å²) in [7, 11) is 1.45. The number of thiophene rings is 1. The number of hydrogen-bond acceptors (Lipinski definition) is 4. The fraction of sp³-hybridized carbons (Fsp3) is 0.385. The average molecular weight is 420 g/mol. The van der Waals surface area contributed by atoms with Crippen molar-refractivity contribution in [2.75, 3.05) is 7.11 Å². The molecule has 30 heavy (non-hydrogen) atoms. The molecule has 156 valence electrons. The van der Waals surface area contributed by atoms with Crippen LogP contribution in [-0.2, 0) is 4.74 Å². The van der Waals surface area contributed by atoms with Crippen LogP contribution in [0, 0.1) is 5.92 Å². The monoisotopic (exact) mass is 419 g/mol. The molecule has 1 aliphatic carbocycles. The van der Waals surface area contributed by atoms with Crippen molar-refractivity contribution in [1.29, 1.82) is 0 Å². The van der Waals surface area contributed by atoms with Gasteiger partial charge in [0.1, 0.15) is 4.88 Å². The molecule has 3 nitrogen and oxygen atoms in total. The molecule has 0 spiro atoms. The summed E-state index contributed by atoms with van der Waals surface area (Å²) in [6.45, 7) is 2.28. The predicted octanol–water partition coefficient (Wildman–Crippen LogP) is 7.34. The highest BCUT2D eigenvalue weighted by Crippen LogP contribution is 2.44. The maximum absolute atomic E-state index is 12.6. The van der Waals surface area contributed by atoms with Crippen molar-refractivity contribution in [3.63, 3.8) is 0 Å². The number of carbonyl (C=O) groups excluding carboxylic acids is 1.